The lowest BCUT2D eigenvalue weighted by molar-refractivity contribution is 0.0649. The molecule has 0 aliphatic carbocycles. The van der Waals surface area contributed by atoms with Crippen molar-refractivity contribution in [3.05, 3.63) is 22.7 Å². The van der Waals surface area contributed by atoms with Crippen molar-refractivity contribution in [2.24, 2.45) is 0 Å². The number of carbonyl (C=O) groups is 1. The molecule has 0 spiro atoms. The molecule has 1 N–H and O–H groups in total. The number of nitrogens with zero attached hydrogens (tertiary/aromatic N) is 3. The average molecular weight is 319 g/mol. The number of carbonyl (C=O) groups excluding carboxylic acids is 1. The van der Waals surface area contributed by atoms with Crippen LogP contribution in [0.1, 0.15) is 43.0 Å². The van der Waals surface area contributed by atoms with Crippen LogP contribution in [-0.2, 0) is 0 Å². The zero-order chi connectivity index (χ0) is 14.0. The molecule has 7 heteroatoms. The van der Waals surface area contributed by atoms with Crippen LogP contribution in [0.3, 0.4) is 0 Å². The largest absolute Gasteiger partial charge is 0.332 e. The Hall–Kier alpha value is -0.910. The van der Waals surface area contributed by atoms with Gasteiger partial charge in [-0.3, -0.25) is 4.79 Å². The Morgan fingerprint density at radius 2 is 2.25 bits per heavy atom. The van der Waals surface area contributed by atoms with Crippen LogP contribution in [0.5, 0.6) is 0 Å². The molecular formula is C13H20Cl2N4O. The molecule has 1 aromatic heterocycles. The van der Waals surface area contributed by atoms with E-state index >= 15 is 0 Å². The molecule has 0 aromatic carbocycles. The van der Waals surface area contributed by atoms with Gasteiger partial charge in [-0.2, -0.15) is 0 Å². The van der Waals surface area contributed by atoms with Crippen molar-refractivity contribution in [1.82, 2.24) is 20.2 Å². The van der Waals surface area contributed by atoms with Crippen molar-refractivity contribution in [2.45, 2.75) is 32.7 Å². The minimum atomic E-state index is -0.108. The van der Waals surface area contributed by atoms with Gasteiger partial charge in [0, 0.05) is 31.6 Å². The fraction of sp³-hybridized carbons (Fsp3) is 0.615. The molecule has 112 valence electrons. The minimum absolute atomic E-state index is 0. The summed E-state index contributed by atoms with van der Waals surface area (Å²) < 4.78 is 0. The van der Waals surface area contributed by atoms with Gasteiger partial charge in [0.2, 0.25) is 0 Å². The molecule has 1 aliphatic rings. The van der Waals surface area contributed by atoms with Gasteiger partial charge in [-0.25, -0.2) is 9.97 Å². The summed E-state index contributed by atoms with van der Waals surface area (Å²) in [6.45, 7) is 8.27. The quantitative estimate of drug-likeness (QED) is 0.907. The molecule has 2 heterocycles. The van der Waals surface area contributed by atoms with E-state index in [-0.39, 0.29) is 30.3 Å². The molecule has 1 saturated heterocycles. The Kier molecular flexibility index (Phi) is 6.17. The van der Waals surface area contributed by atoms with Gasteiger partial charge in [-0.15, -0.1) is 12.4 Å². The van der Waals surface area contributed by atoms with Crippen molar-refractivity contribution in [3.8, 4) is 0 Å². The van der Waals surface area contributed by atoms with Gasteiger partial charge in [0.15, 0.2) is 5.69 Å². The van der Waals surface area contributed by atoms with E-state index in [1.54, 1.807) is 0 Å². The predicted molar refractivity (Wildman–Crippen MR) is 81.7 cm³/mol. The Morgan fingerprint density at radius 1 is 1.55 bits per heavy atom. The molecule has 1 aliphatic heterocycles. The molecule has 1 aromatic rings. The van der Waals surface area contributed by atoms with Crippen molar-refractivity contribution in [2.75, 3.05) is 19.6 Å². The molecule has 0 saturated carbocycles. The predicted octanol–water partition coefficient (Wildman–Crippen LogP) is 2.11. The van der Waals surface area contributed by atoms with Crippen LogP contribution in [0.2, 0.25) is 5.02 Å². The topological polar surface area (TPSA) is 58.1 Å². The lowest BCUT2D eigenvalue weighted by Crippen LogP contribution is -2.52. The molecule has 1 amide bonds. The Bertz CT molecular complexity index is 481. The highest BCUT2D eigenvalue weighted by atomic mass is 35.5. The van der Waals surface area contributed by atoms with Crippen molar-refractivity contribution in [3.63, 3.8) is 0 Å². The lowest BCUT2D eigenvalue weighted by Gasteiger charge is -2.33. The molecule has 2 rings (SSSR count). The summed E-state index contributed by atoms with van der Waals surface area (Å²) in [5.41, 5.74) is 0.314. The van der Waals surface area contributed by atoms with E-state index in [9.17, 15) is 4.79 Å². The number of hydrogen-bond acceptors (Lipinski definition) is 4. The Balaban J connectivity index is 0.00000200. The van der Waals surface area contributed by atoms with Crippen LogP contribution >= 0.6 is 24.0 Å². The highest BCUT2D eigenvalue weighted by Crippen LogP contribution is 2.19. The maximum atomic E-state index is 12.5. The van der Waals surface area contributed by atoms with Crippen molar-refractivity contribution in [1.29, 1.82) is 0 Å². The number of aromatic nitrogens is 2. The highest BCUT2D eigenvalue weighted by molar-refractivity contribution is 6.33. The summed E-state index contributed by atoms with van der Waals surface area (Å²) in [5.74, 6) is 0.711. The number of amides is 1. The van der Waals surface area contributed by atoms with Crippen LogP contribution < -0.4 is 5.32 Å². The molecule has 20 heavy (non-hydrogen) atoms. The second-order valence-electron chi connectivity index (χ2n) is 5.13. The van der Waals surface area contributed by atoms with Gasteiger partial charge in [0.05, 0.1) is 11.2 Å². The summed E-state index contributed by atoms with van der Waals surface area (Å²) in [6.07, 6.45) is 1.52. The van der Waals surface area contributed by atoms with Gasteiger partial charge >= 0.3 is 0 Å². The molecular weight excluding hydrogens is 299 g/mol. The SMILES string of the molecule is CC(C)c1ncc(Cl)c(C(=O)N2CCNCC2C)n1.Cl. The van der Waals surface area contributed by atoms with Gasteiger partial charge in [-0.1, -0.05) is 25.4 Å². The van der Waals surface area contributed by atoms with E-state index in [2.05, 4.69) is 15.3 Å². The van der Waals surface area contributed by atoms with E-state index in [0.29, 0.717) is 23.1 Å². The molecule has 1 unspecified atom stereocenters. The summed E-state index contributed by atoms with van der Waals surface area (Å²) in [5, 5.41) is 3.57. The lowest BCUT2D eigenvalue weighted by atomic mass is 10.2. The first-order valence-corrected chi connectivity index (χ1v) is 6.92. The van der Waals surface area contributed by atoms with Crippen LogP contribution in [0.15, 0.2) is 6.20 Å². The fourth-order valence-electron chi connectivity index (χ4n) is 2.09. The van der Waals surface area contributed by atoms with Crippen LogP contribution in [0, 0.1) is 0 Å². The minimum Gasteiger partial charge on any atom is -0.332 e. The third kappa shape index (κ3) is 3.59. The average Bonchev–Trinajstić information content (AvgIpc) is 2.38. The van der Waals surface area contributed by atoms with E-state index in [4.69, 9.17) is 11.6 Å². The fourth-order valence-corrected chi connectivity index (χ4v) is 2.26. The van der Waals surface area contributed by atoms with Gasteiger partial charge in [-0.05, 0) is 6.92 Å². The zero-order valence-corrected chi connectivity index (χ0v) is 13.5. The van der Waals surface area contributed by atoms with Gasteiger partial charge in [0.25, 0.3) is 5.91 Å². The number of piperazine rings is 1. The monoisotopic (exact) mass is 318 g/mol. The Morgan fingerprint density at radius 3 is 2.85 bits per heavy atom. The number of rotatable bonds is 2. The Labute approximate surface area is 130 Å². The van der Waals surface area contributed by atoms with Gasteiger partial charge in [0.1, 0.15) is 5.82 Å². The third-order valence-corrected chi connectivity index (χ3v) is 3.52. The molecule has 0 bridgehead atoms. The first kappa shape index (κ1) is 17.1. The van der Waals surface area contributed by atoms with E-state index < -0.39 is 0 Å². The molecule has 1 fully saturated rings. The van der Waals surface area contributed by atoms with E-state index in [1.807, 2.05) is 25.7 Å². The van der Waals surface area contributed by atoms with Crippen molar-refractivity contribution >= 4 is 29.9 Å². The van der Waals surface area contributed by atoms with Crippen LogP contribution in [0.4, 0.5) is 0 Å². The summed E-state index contributed by atoms with van der Waals surface area (Å²) in [6, 6.07) is 0.148. The maximum absolute atomic E-state index is 12.5. The third-order valence-electron chi connectivity index (χ3n) is 3.24. The smallest absolute Gasteiger partial charge is 0.274 e. The normalized spacial score (nSPS) is 18.9. The second-order valence-corrected chi connectivity index (χ2v) is 5.54. The second kappa shape index (κ2) is 7.20. The first-order valence-electron chi connectivity index (χ1n) is 6.54. The summed E-state index contributed by atoms with van der Waals surface area (Å²) in [4.78, 5) is 22.8. The number of halogens is 2. The number of hydrogen-bond donors (Lipinski definition) is 1. The summed E-state index contributed by atoms with van der Waals surface area (Å²) in [7, 11) is 0. The first-order chi connectivity index (χ1) is 9.00. The standard InChI is InChI=1S/C13H19ClN4O.ClH/c1-8(2)12-16-7-10(14)11(17-12)13(19)18-5-4-15-6-9(18)3;/h7-9,15H,4-6H2,1-3H3;1H. The van der Waals surface area contributed by atoms with E-state index in [0.717, 1.165) is 13.1 Å². The molecule has 1 atom stereocenters. The molecule has 5 nitrogen and oxygen atoms in total. The molecule has 0 radical (unpaired) electrons. The number of nitrogens with one attached hydrogen (secondary N) is 1. The maximum Gasteiger partial charge on any atom is 0.274 e. The summed E-state index contributed by atoms with van der Waals surface area (Å²) >= 11 is 6.07. The van der Waals surface area contributed by atoms with Crippen LogP contribution in [0.25, 0.3) is 0 Å². The van der Waals surface area contributed by atoms with Crippen molar-refractivity contribution < 1.29 is 4.79 Å². The van der Waals surface area contributed by atoms with E-state index in [1.165, 1.54) is 6.20 Å². The zero-order valence-electron chi connectivity index (χ0n) is 11.9. The van der Waals surface area contributed by atoms with Crippen LogP contribution in [-0.4, -0.2) is 46.5 Å². The highest BCUT2D eigenvalue weighted by Gasteiger charge is 2.27. The van der Waals surface area contributed by atoms with Gasteiger partial charge < -0.3 is 10.2 Å².